The van der Waals surface area contributed by atoms with Gasteiger partial charge >= 0.3 is 45.5 Å². The fraction of sp³-hybridized carbons (Fsp3) is 0. The average molecular weight is 235 g/mol. The summed E-state index contributed by atoms with van der Waals surface area (Å²) < 4.78 is 8.30. The van der Waals surface area contributed by atoms with Gasteiger partial charge in [0.15, 0.2) is 0 Å². The van der Waals surface area contributed by atoms with E-state index in [-0.39, 0.29) is 33.0 Å². The van der Waals surface area contributed by atoms with Crippen LogP contribution in [0.1, 0.15) is 0 Å². The van der Waals surface area contributed by atoms with Gasteiger partial charge in [-0.15, -0.1) is 0 Å². The zero-order valence-corrected chi connectivity index (χ0v) is 8.31. The first-order chi connectivity index (χ1) is 1.00. The van der Waals surface area contributed by atoms with Crippen molar-refractivity contribution in [2.24, 2.45) is 0 Å². The van der Waals surface area contributed by atoms with Crippen molar-refractivity contribution >= 4 is 36.5 Å². The second kappa shape index (κ2) is 23.4. The van der Waals surface area contributed by atoms with Crippen molar-refractivity contribution < 1.29 is 22.5 Å². The minimum absolute atomic E-state index is 0. The molecule has 18 valence electrons. The van der Waals surface area contributed by atoms with Gasteiger partial charge in [0.05, 0.1) is 0 Å². The molecule has 0 N–H and O–H groups in total. The van der Waals surface area contributed by atoms with E-state index in [1.165, 1.54) is 0 Å². The van der Waals surface area contributed by atoms with E-state index in [4.69, 9.17) is 3.02 Å². The molecule has 0 unspecified atom stereocenters. The van der Waals surface area contributed by atoms with Crippen LogP contribution in [0.15, 0.2) is 0 Å². The second-order valence-electron chi connectivity index (χ2n) is 0. The Balaban J connectivity index is -0.00000000500. The molecule has 2 radical (unpaired) electrons. The van der Waals surface area contributed by atoms with Gasteiger partial charge in [0.25, 0.3) is 0 Å². The molecule has 4 heteroatoms. The summed E-state index contributed by atoms with van der Waals surface area (Å²) in [6.07, 6.45) is 0. The predicted octanol–water partition coefficient (Wildman–Crippen LogP) is -0.504. The van der Waals surface area contributed by atoms with E-state index in [0.717, 1.165) is 0 Å². The summed E-state index contributed by atoms with van der Waals surface area (Å²) in [5.74, 6) is 0. The zero-order valence-electron chi connectivity index (χ0n) is 1.97. The van der Waals surface area contributed by atoms with Gasteiger partial charge in [-0.1, -0.05) is 0 Å². The maximum Gasteiger partial charge on any atom is 2.00 e. The Morgan fingerprint density at radius 1 is 1.25 bits per heavy atom. The molecular weight excluding hydrogens is 235 g/mol. The Morgan fingerprint density at radius 3 is 1.25 bits per heavy atom. The summed E-state index contributed by atoms with van der Waals surface area (Å²) in [5.41, 5.74) is 0. The molecule has 0 aliphatic carbocycles. The molecule has 0 fully saturated rings. The smallest absolute Gasteiger partial charge is 2.00 e. The Morgan fingerprint density at radius 2 is 1.25 bits per heavy atom. The van der Waals surface area contributed by atoms with Crippen molar-refractivity contribution in [1.29, 1.82) is 0 Å². The molecule has 1 nitrogen and oxygen atoms in total. The summed E-state index contributed by atoms with van der Waals surface area (Å²) >= 11 is 0.500. The van der Waals surface area contributed by atoms with Gasteiger partial charge in [0.1, 0.15) is 0 Å². The summed E-state index contributed by atoms with van der Waals surface area (Å²) in [7, 11) is 0. The predicted molar refractivity (Wildman–Crippen MR) is 13.8 cm³/mol. The first-order valence-corrected chi connectivity index (χ1v) is 1.22. The first kappa shape index (κ1) is 17.6. The van der Waals surface area contributed by atoms with E-state index in [9.17, 15) is 0 Å². The summed E-state index contributed by atoms with van der Waals surface area (Å²) in [5, 5.41) is 0. The molecule has 4 heavy (non-hydrogen) atoms. The van der Waals surface area contributed by atoms with Crippen LogP contribution in [0.4, 0.5) is 0 Å². The molecule has 0 aliphatic heterocycles. The van der Waals surface area contributed by atoms with Crippen LogP contribution in [0, 0.1) is 0 Å². The average Bonchev–Trinajstić information content (AvgIpc) is 1.00. The van der Waals surface area contributed by atoms with Gasteiger partial charge in [0, 0.05) is 0 Å². The van der Waals surface area contributed by atoms with E-state index in [1.54, 1.807) is 0 Å². The molecule has 0 aromatic carbocycles. The standard InChI is InChI=1S/O.S.Sb.Zn/q;-2;+1;+2. The molecule has 0 aliphatic rings. The SMILES string of the molecule is [O]=[Sb+].[S-2].[Zn+2]. The Bertz CT molecular complexity index is 8.00. The topological polar surface area (TPSA) is 17.1 Å². The molecule has 0 heterocycles. The molecule has 0 aromatic rings. The number of rotatable bonds is 0. The Labute approximate surface area is 58.6 Å². The van der Waals surface area contributed by atoms with Crippen LogP contribution >= 0.6 is 0 Å². The van der Waals surface area contributed by atoms with Gasteiger partial charge in [-0.05, 0) is 0 Å². The number of hydrogen-bond acceptors (Lipinski definition) is 1. The third-order valence-corrected chi connectivity index (χ3v) is 0. The normalized spacial score (nSPS) is 1.00. The summed E-state index contributed by atoms with van der Waals surface area (Å²) in [6.45, 7) is 0. The fourth-order valence-corrected chi connectivity index (χ4v) is 0. The van der Waals surface area contributed by atoms with Crippen LogP contribution in [-0.4, -0.2) is 23.0 Å². The quantitative estimate of drug-likeness (QED) is 0.517. The van der Waals surface area contributed by atoms with Crippen LogP contribution in [0.25, 0.3) is 0 Å². The van der Waals surface area contributed by atoms with Crippen molar-refractivity contribution in [3.63, 3.8) is 0 Å². The van der Waals surface area contributed by atoms with Gasteiger partial charge in [-0.3, -0.25) is 0 Å². The van der Waals surface area contributed by atoms with Gasteiger partial charge in [0.2, 0.25) is 0 Å². The molecular formula is OSSbZn+. The van der Waals surface area contributed by atoms with Crippen molar-refractivity contribution in [2.45, 2.75) is 0 Å². The monoisotopic (exact) mass is 233 g/mol. The van der Waals surface area contributed by atoms with Gasteiger partial charge in [-0.2, -0.15) is 0 Å². The van der Waals surface area contributed by atoms with Crippen LogP contribution in [0.5, 0.6) is 0 Å². The molecule has 0 saturated carbocycles. The molecule has 0 spiro atoms. The minimum Gasteiger partial charge on any atom is -2.00 e. The first-order valence-electron chi connectivity index (χ1n) is 0.183. The van der Waals surface area contributed by atoms with Crippen LogP contribution in [-0.2, 0) is 36.0 Å². The third-order valence-electron chi connectivity index (χ3n) is 0. The number of hydrogen-bond donors (Lipinski definition) is 0. The molecule has 0 bridgehead atoms. The van der Waals surface area contributed by atoms with Crippen molar-refractivity contribution in [3.8, 4) is 0 Å². The van der Waals surface area contributed by atoms with E-state index >= 15 is 0 Å². The third kappa shape index (κ3) is 9.52. The Kier molecular flexibility index (Phi) is 103. The van der Waals surface area contributed by atoms with Crippen LogP contribution in [0.3, 0.4) is 0 Å². The van der Waals surface area contributed by atoms with Gasteiger partial charge in [-0.25, -0.2) is 0 Å². The van der Waals surface area contributed by atoms with Crippen LogP contribution < -0.4 is 0 Å². The molecule has 0 aromatic heterocycles. The van der Waals surface area contributed by atoms with Crippen LogP contribution in [0.2, 0.25) is 0 Å². The zero-order chi connectivity index (χ0) is 2.00. The van der Waals surface area contributed by atoms with E-state index in [0.29, 0.717) is 23.0 Å². The van der Waals surface area contributed by atoms with Crippen molar-refractivity contribution in [1.82, 2.24) is 0 Å². The van der Waals surface area contributed by atoms with Gasteiger partial charge < -0.3 is 13.5 Å². The molecule has 0 atom stereocenters. The molecule has 0 amide bonds. The summed E-state index contributed by atoms with van der Waals surface area (Å²) in [4.78, 5) is 0. The van der Waals surface area contributed by atoms with Crippen molar-refractivity contribution in [2.75, 3.05) is 0 Å². The molecule has 0 rings (SSSR count). The maximum absolute atomic E-state index is 8.30. The minimum atomic E-state index is 0. The maximum atomic E-state index is 8.30. The van der Waals surface area contributed by atoms with E-state index in [2.05, 4.69) is 0 Å². The Hall–Kier alpha value is 1.59. The second-order valence-corrected chi connectivity index (χ2v) is 0. The fourth-order valence-electron chi connectivity index (χ4n) is 0. The largest absolute Gasteiger partial charge is 2.00 e. The molecule has 0 saturated heterocycles. The van der Waals surface area contributed by atoms with Crippen molar-refractivity contribution in [3.05, 3.63) is 0 Å². The summed E-state index contributed by atoms with van der Waals surface area (Å²) in [6, 6.07) is 0. The van der Waals surface area contributed by atoms with E-state index in [1.807, 2.05) is 0 Å². The van der Waals surface area contributed by atoms with E-state index < -0.39 is 0 Å².